The van der Waals surface area contributed by atoms with Crippen LogP contribution in [0.15, 0.2) is 29.2 Å². The number of sulfonamides is 1. The molecule has 1 aliphatic heterocycles. The van der Waals surface area contributed by atoms with Crippen LogP contribution in [0.3, 0.4) is 0 Å². The summed E-state index contributed by atoms with van der Waals surface area (Å²) in [7, 11) is -4.00. The van der Waals surface area contributed by atoms with Gasteiger partial charge in [-0.3, -0.25) is 14.4 Å². The van der Waals surface area contributed by atoms with Gasteiger partial charge in [-0.2, -0.15) is 4.72 Å². The number of nitrogens with zero attached hydrogens (tertiary/aromatic N) is 1. The number of amides is 1. The standard InChI is InChI=1S/C21H30N2O6S/c1-13-7-6-8-14(2)23(13)20(25)17(5)29-21(26)15(3)22-30(27,28)19-11-9-18(10-12-19)16(4)24/h9-15,17,22H,6-8H2,1-5H3. The molecular formula is C21H30N2O6S. The van der Waals surface area contributed by atoms with Crippen LogP contribution >= 0.6 is 0 Å². The molecule has 1 fully saturated rings. The zero-order chi connectivity index (χ0) is 22.6. The minimum atomic E-state index is -4.00. The number of nitrogens with one attached hydrogen (secondary N) is 1. The molecule has 1 N–H and O–H groups in total. The van der Waals surface area contributed by atoms with Crippen LogP contribution in [0.4, 0.5) is 0 Å². The number of ether oxygens (including phenoxy) is 1. The molecule has 0 aromatic heterocycles. The molecule has 166 valence electrons. The number of carbonyl (C=O) groups excluding carboxylic acids is 3. The average molecular weight is 439 g/mol. The summed E-state index contributed by atoms with van der Waals surface area (Å²) in [5, 5.41) is 0. The van der Waals surface area contributed by atoms with Crippen LogP contribution in [0.2, 0.25) is 0 Å². The first kappa shape index (κ1) is 24.0. The van der Waals surface area contributed by atoms with Gasteiger partial charge in [0.05, 0.1) is 4.90 Å². The number of esters is 1. The summed E-state index contributed by atoms with van der Waals surface area (Å²) in [6, 6.07) is 4.34. The zero-order valence-corrected chi connectivity index (χ0v) is 18.9. The van der Waals surface area contributed by atoms with Gasteiger partial charge < -0.3 is 9.64 Å². The lowest BCUT2D eigenvalue weighted by molar-refractivity contribution is -0.163. The summed E-state index contributed by atoms with van der Waals surface area (Å²) in [6.07, 6.45) is 1.83. The van der Waals surface area contributed by atoms with Crippen LogP contribution in [0.5, 0.6) is 0 Å². The highest BCUT2D eigenvalue weighted by molar-refractivity contribution is 7.89. The molecule has 1 amide bonds. The first-order valence-corrected chi connectivity index (χ1v) is 11.6. The van der Waals surface area contributed by atoms with Gasteiger partial charge in [-0.05, 0) is 66.0 Å². The summed E-state index contributed by atoms with van der Waals surface area (Å²) in [4.78, 5) is 38.1. The summed E-state index contributed by atoms with van der Waals surface area (Å²) in [5.74, 6) is -1.30. The maximum atomic E-state index is 12.8. The molecular weight excluding hydrogens is 408 g/mol. The lowest BCUT2D eigenvalue weighted by Gasteiger charge is -2.40. The average Bonchev–Trinajstić information content (AvgIpc) is 2.67. The first-order valence-electron chi connectivity index (χ1n) is 10.1. The van der Waals surface area contributed by atoms with E-state index in [0.29, 0.717) is 5.56 Å². The summed E-state index contributed by atoms with van der Waals surface area (Å²) >= 11 is 0. The second-order valence-electron chi connectivity index (χ2n) is 7.88. The van der Waals surface area contributed by atoms with E-state index in [1.165, 1.54) is 45.0 Å². The van der Waals surface area contributed by atoms with E-state index >= 15 is 0 Å². The molecule has 1 saturated heterocycles. The van der Waals surface area contributed by atoms with Crippen molar-refractivity contribution in [1.82, 2.24) is 9.62 Å². The molecule has 1 aromatic rings. The van der Waals surface area contributed by atoms with Gasteiger partial charge in [0.1, 0.15) is 6.04 Å². The fourth-order valence-corrected chi connectivity index (χ4v) is 4.80. The van der Waals surface area contributed by atoms with E-state index < -0.39 is 28.1 Å². The number of Topliss-reactive ketones (excluding diaryl/α,β-unsaturated/α-hetero) is 1. The Labute approximate surface area is 178 Å². The fraction of sp³-hybridized carbons (Fsp3) is 0.571. The Balaban J connectivity index is 2.00. The third-order valence-corrected chi connectivity index (χ3v) is 6.90. The van der Waals surface area contributed by atoms with Crippen molar-refractivity contribution in [1.29, 1.82) is 0 Å². The number of piperidine rings is 1. The quantitative estimate of drug-likeness (QED) is 0.517. The van der Waals surface area contributed by atoms with Crippen molar-refractivity contribution < 1.29 is 27.5 Å². The molecule has 0 bridgehead atoms. The smallest absolute Gasteiger partial charge is 0.324 e. The number of rotatable bonds is 7. The van der Waals surface area contributed by atoms with Gasteiger partial charge in [0.2, 0.25) is 10.0 Å². The van der Waals surface area contributed by atoms with Crippen LogP contribution in [0.25, 0.3) is 0 Å². The maximum Gasteiger partial charge on any atom is 0.324 e. The summed E-state index contributed by atoms with van der Waals surface area (Å²) in [5.41, 5.74) is 0.384. The molecule has 30 heavy (non-hydrogen) atoms. The predicted molar refractivity (Wildman–Crippen MR) is 111 cm³/mol. The molecule has 4 unspecified atom stereocenters. The van der Waals surface area contributed by atoms with Crippen molar-refractivity contribution in [2.24, 2.45) is 0 Å². The Kier molecular flexibility index (Phi) is 7.76. The van der Waals surface area contributed by atoms with Gasteiger partial charge in [-0.1, -0.05) is 12.1 Å². The van der Waals surface area contributed by atoms with Gasteiger partial charge >= 0.3 is 5.97 Å². The number of likely N-dealkylation sites (tertiary alicyclic amines) is 1. The Morgan fingerprint density at radius 2 is 1.60 bits per heavy atom. The van der Waals surface area contributed by atoms with Crippen molar-refractivity contribution >= 4 is 27.7 Å². The van der Waals surface area contributed by atoms with E-state index in [2.05, 4.69) is 4.72 Å². The van der Waals surface area contributed by atoms with E-state index in [1.807, 2.05) is 13.8 Å². The van der Waals surface area contributed by atoms with E-state index in [9.17, 15) is 22.8 Å². The Morgan fingerprint density at radius 3 is 2.10 bits per heavy atom. The molecule has 2 rings (SSSR count). The summed E-state index contributed by atoms with van der Waals surface area (Å²) < 4.78 is 32.5. The summed E-state index contributed by atoms with van der Waals surface area (Å²) in [6.45, 7) is 8.17. The van der Waals surface area contributed by atoms with Crippen molar-refractivity contribution in [2.75, 3.05) is 0 Å². The van der Waals surface area contributed by atoms with Crippen molar-refractivity contribution in [2.45, 2.75) is 83.0 Å². The van der Waals surface area contributed by atoms with Crippen molar-refractivity contribution in [3.8, 4) is 0 Å². The molecule has 0 radical (unpaired) electrons. The van der Waals surface area contributed by atoms with Crippen LogP contribution in [0, 0.1) is 0 Å². The lowest BCUT2D eigenvalue weighted by atomic mass is 9.97. The Bertz CT molecular complexity index is 887. The molecule has 1 aliphatic rings. The molecule has 9 heteroatoms. The third kappa shape index (κ3) is 5.66. The van der Waals surface area contributed by atoms with E-state index in [4.69, 9.17) is 4.74 Å². The molecule has 8 nitrogen and oxygen atoms in total. The third-order valence-electron chi connectivity index (χ3n) is 5.35. The minimum Gasteiger partial charge on any atom is -0.451 e. The Hall–Kier alpha value is -2.26. The second kappa shape index (κ2) is 9.70. The fourth-order valence-electron chi connectivity index (χ4n) is 3.61. The van der Waals surface area contributed by atoms with Crippen molar-refractivity contribution in [3.05, 3.63) is 29.8 Å². The van der Waals surface area contributed by atoms with Crippen LogP contribution in [-0.2, 0) is 24.3 Å². The van der Waals surface area contributed by atoms with Crippen molar-refractivity contribution in [3.63, 3.8) is 0 Å². The molecule has 1 aromatic carbocycles. The van der Waals surface area contributed by atoms with E-state index in [-0.39, 0.29) is 28.7 Å². The monoisotopic (exact) mass is 438 g/mol. The minimum absolute atomic E-state index is 0.0660. The number of ketones is 1. The second-order valence-corrected chi connectivity index (χ2v) is 9.59. The van der Waals surface area contributed by atoms with E-state index in [0.717, 1.165) is 19.3 Å². The topological polar surface area (TPSA) is 110 Å². The number of benzene rings is 1. The molecule has 0 spiro atoms. The van der Waals surface area contributed by atoms with Gasteiger partial charge in [0.15, 0.2) is 11.9 Å². The Morgan fingerprint density at radius 1 is 1.07 bits per heavy atom. The van der Waals surface area contributed by atoms with Crippen LogP contribution in [0.1, 0.15) is 64.2 Å². The van der Waals surface area contributed by atoms with Crippen LogP contribution < -0.4 is 4.72 Å². The normalized spacial score (nSPS) is 21.6. The number of hydrogen-bond acceptors (Lipinski definition) is 6. The first-order chi connectivity index (χ1) is 13.9. The van der Waals surface area contributed by atoms with Gasteiger partial charge in [-0.15, -0.1) is 0 Å². The van der Waals surface area contributed by atoms with Gasteiger partial charge in [0.25, 0.3) is 5.91 Å². The highest BCUT2D eigenvalue weighted by atomic mass is 32.2. The lowest BCUT2D eigenvalue weighted by Crippen LogP contribution is -2.52. The number of carbonyl (C=O) groups is 3. The number of hydrogen-bond donors (Lipinski definition) is 1. The maximum absolute atomic E-state index is 12.8. The largest absolute Gasteiger partial charge is 0.451 e. The molecule has 0 saturated carbocycles. The van der Waals surface area contributed by atoms with Gasteiger partial charge in [0, 0.05) is 17.6 Å². The highest BCUT2D eigenvalue weighted by Gasteiger charge is 2.34. The van der Waals surface area contributed by atoms with Crippen LogP contribution in [-0.4, -0.2) is 55.2 Å². The van der Waals surface area contributed by atoms with Gasteiger partial charge in [-0.25, -0.2) is 8.42 Å². The molecule has 1 heterocycles. The highest BCUT2D eigenvalue weighted by Crippen LogP contribution is 2.23. The molecule has 0 aliphatic carbocycles. The SMILES string of the molecule is CC(=O)c1ccc(S(=O)(=O)NC(C)C(=O)OC(C)C(=O)N2C(C)CCCC2C)cc1. The molecule has 4 atom stereocenters. The zero-order valence-electron chi connectivity index (χ0n) is 18.0. The van der Waals surface area contributed by atoms with E-state index in [1.54, 1.807) is 4.90 Å². The predicted octanol–water partition coefficient (Wildman–Crippen LogP) is 2.28.